The van der Waals surface area contributed by atoms with Crippen molar-refractivity contribution in [2.45, 2.75) is 0 Å². The zero-order chi connectivity index (χ0) is 13.2. The Morgan fingerprint density at radius 3 is 2.95 bits per heavy atom. The first-order valence-electron chi connectivity index (χ1n) is 5.39. The predicted octanol–water partition coefficient (Wildman–Crippen LogP) is 2.54. The molecule has 0 unspecified atom stereocenters. The molecule has 3 heterocycles. The normalized spacial score (nSPS) is 10.6. The molecule has 0 bridgehead atoms. The summed E-state index contributed by atoms with van der Waals surface area (Å²) in [5, 5.41) is 3.90. The lowest BCUT2D eigenvalue weighted by molar-refractivity contribution is 0.431. The summed E-state index contributed by atoms with van der Waals surface area (Å²) in [5.74, 6) is 0.724. The Morgan fingerprint density at radius 1 is 1.26 bits per heavy atom. The highest BCUT2D eigenvalue weighted by Crippen LogP contribution is 2.25. The molecule has 0 fully saturated rings. The van der Waals surface area contributed by atoms with E-state index in [0.29, 0.717) is 17.2 Å². The van der Waals surface area contributed by atoms with Gasteiger partial charge < -0.3 is 10.3 Å². The van der Waals surface area contributed by atoms with Crippen molar-refractivity contribution in [3.05, 3.63) is 41.3 Å². The molecule has 94 valence electrons. The van der Waals surface area contributed by atoms with Crippen molar-refractivity contribution in [1.29, 1.82) is 0 Å². The van der Waals surface area contributed by atoms with Crippen molar-refractivity contribution >= 4 is 21.6 Å². The van der Waals surface area contributed by atoms with Gasteiger partial charge >= 0.3 is 0 Å². The minimum absolute atomic E-state index is 0.285. The van der Waals surface area contributed by atoms with Crippen LogP contribution in [0.25, 0.3) is 23.0 Å². The van der Waals surface area contributed by atoms with Gasteiger partial charge in [-0.3, -0.25) is 4.98 Å². The molecule has 0 aliphatic heterocycles. The Labute approximate surface area is 116 Å². The predicted molar refractivity (Wildman–Crippen MR) is 72.9 cm³/mol. The Hall–Kier alpha value is -2.28. The van der Waals surface area contributed by atoms with Gasteiger partial charge in [0.25, 0.3) is 5.89 Å². The summed E-state index contributed by atoms with van der Waals surface area (Å²) >= 11 is 3.34. The fourth-order valence-electron chi connectivity index (χ4n) is 1.57. The van der Waals surface area contributed by atoms with Crippen LogP contribution in [-0.2, 0) is 0 Å². The zero-order valence-corrected chi connectivity index (χ0v) is 11.2. The Kier molecular flexibility index (Phi) is 2.96. The number of pyridine rings is 2. The first-order valence-corrected chi connectivity index (χ1v) is 6.19. The van der Waals surface area contributed by atoms with Crippen LogP contribution in [0.15, 0.2) is 45.8 Å². The smallest absolute Gasteiger partial charge is 0.278 e. The number of anilines is 1. The molecule has 0 amide bonds. The molecule has 0 aliphatic rings. The molecule has 0 aromatic carbocycles. The first-order chi connectivity index (χ1) is 9.24. The third-order valence-corrected chi connectivity index (χ3v) is 2.86. The molecule has 0 saturated heterocycles. The molecule has 0 radical (unpaired) electrons. The van der Waals surface area contributed by atoms with Gasteiger partial charge in [-0.1, -0.05) is 5.16 Å². The first kappa shape index (κ1) is 11.8. The van der Waals surface area contributed by atoms with Crippen molar-refractivity contribution < 1.29 is 4.52 Å². The highest BCUT2D eigenvalue weighted by molar-refractivity contribution is 9.10. The maximum Gasteiger partial charge on any atom is 0.278 e. The number of aromatic nitrogens is 4. The van der Waals surface area contributed by atoms with Crippen LogP contribution < -0.4 is 5.73 Å². The molecule has 0 aliphatic carbocycles. The van der Waals surface area contributed by atoms with E-state index in [4.69, 9.17) is 10.3 Å². The Balaban J connectivity index is 2.03. The van der Waals surface area contributed by atoms with E-state index < -0.39 is 0 Å². The molecule has 19 heavy (non-hydrogen) atoms. The van der Waals surface area contributed by atoms with Crippen LogP contribution in [0, 0.1) is 0 Å². The van der Waals surface area contributed by atoms with Gasteiger partial charge in [-0.2, -0.15) is 4.98 Å². The number of halogens is 1. The molecule has 3 aromatic rings. The number of nitrogens with two attached hydrogens (primary N) is 1. The average Bonchev–Trinajstić information content (AvgIpc) is 2.89. The molecule has 0 spiro atoms. The van der Waals surface area contributed by atoms with Gasteiger partial charge in [-0.25, -0.2) is 4.98 Å². The maximum absolute atomic E-state index is 5.81. The van der Waals surface area contributed by atoms with Crippen LogP contribution in [0.1, 0.15) is 0 Å². The van der Waals surface area contributed by atoms with Gasteiger partial charge in [0.05, 0.1) is 5.69 Å². The van der Waals surface area contributed by atoms with Gasteiger partial charge in [0.2, 0.25) is 5.82 Å². The second kappa shape index (κ2) is 4.77. The second-order valence-electron chi connectivity index (χ2n) is 3.76. The maximum atomic E-state index is 5.81. The SMILES string of the molecule is Nc1cccnc1-c1nc(-c2cncc(Br)c2)no1. The van der Waals surface area contributed by atoms with E-state index >= 15 is 0 Å². The zero-order valence-electron chi connectivity index (χ0n) is 9.62. The molecule has 3 rings (SSSR count). The van der Waals surface area contributed by atoms with Gasteiger partial charge in [0, 0.05) is 28.6 Å². The van der Waals surface area contributed by atoms with Crippen molar-refractivity contribution in [3.63, 3.8) is 0 Å². The molecular formula is C12H8BrN5O. The van der Waals surface area contributed by atoms with Crippen LogP contribution in [0.2, 0.25) is 0 Å². The molecular weight excluding hydrogens is 310 g/mol. The van der Waals surface area contributed by atoms with E-state index in [-0.39, 0.29) is 5.89 Å². The number of hydrogen-bond acceptors (Lipinski definition) is 6. The van der Waals surface area contributed by atoms with Gasteiger partial charge in [0.15, 0.2) is 5.69 Å². The molecule has 2 N–H and O–H groups in total. The lowest BCUT2D eigenvalue weighted by atomic mass is 10.2. The van der Waals surface area contributed by atoms with Crippen LogP contribution >= 0.6 is 15.9 Å². The summed E-state index contributed by atoms with van der Waals surface area (Å²) in [6.07, 6.45) is 4.96. The minimum atomic E-state index is 0.285. The van der Waals surface area contributed by atoms with E-state index in [9.17, 15) is 0 Å². The largest absolute Gasteiger partial charge is 0.397 e. The van der Waals surface area contributed by atoms with Crippen LogP contribution in [0.4, 0.5) is 5.69 Å². The Bertz CT molecular complexity index is 727. The van der Waals surface area contributed by atoms with E-state index in [0.717, 1.165) is 10.0 Å². The minimum Gasteiger partial charge on any atom is -0.397 e. The van der Waals surface area contributed by atoms with Crippen LogP contribution in [-0.4, -0.2) is 20.1 Å². The quantitative estimate of drug-likeness (QED) is 0.781. The van der Waals surface area contributed by atoms with Crippen molar-refractivity contribution in [2.75, 3.05) is 5.73 Å². The molecule has 0 atom stereocenters. The van der Waals surface area contributed by atoms with E-state index in [1.165, 1.54) is 0 Å². The topological polar surface area (TPSA) is 90.7 Å². The lowest BCUT2D eigenvalue weighted by Crippen LogP contribution is -1.92. The van der Waals surface area contributed by atoms with Crippen LogP contribution in [0.5, 0.6) is 0 Å². The van der Waals surface area contributed by atoms with Crippen LogP contribution in [0.3, 0.4) is 0 Å². The van der Waals surface area contributed by atoms with Crippen molar-refractivity contribution in [3.8, 4) is 23.0 Å². The van der Waals surface area contributed by atoms with E-state index in [1.807, 2.05) is 6.07 Å². The lowest BCUT2D eigenvalue weighted by Gasteiger charge is -1.96. The van der Waals surface area contributed by atoms with E-state index in [1.54, 1.807) is 30.7 Å². The fraction of sp³-hybridized carbons (Fsp3) is 0. The van der Waals surface area contributed by atoms with E-state index in [2.05, 4.69) is 36.0 Å². The summed E-state index contributed by atoms with van der Waals surface area (Å²) in [6.45, 7) is 0. The molecule has 3 aromatic heterocycles. The fourth-order valence-corrected chi connectivity index (χ4v) is 1.93. The van der Waals surface area contributed by atoms with Crippen molar-refractivity contribution in [1.82, 2.24) is 20.1 Å². The number of nitrogen functional groups attached to an aromatic ring is 1. The van der Waals surface area contributed by atoms with Crippen molar-refractivity contribution in [2.24, 2.45) is 0 Å². The number of nitrogens with zero attached hydrogens (tertiary/aromatic N) is 4. The van der Waals surface area contributed by atoms with Gasteiger partial charge in [0.1, 0.15) is 0 Å². The van der Waals surface area contributed by atoms with Gasteiger partial charge in [-0.05, 0) is 34.1 Å². The highest BCUT2D eigenvalue weighted by atomic mass is 79.9. The monoisotopic (exact) mass is 317 g/mol. The third kappa shape index (κ3) is 2.32. The summed E-state index contributed by atoms with van der Waals surface area (Å²) in [4.78, 5) is 12.4. The second-order valence-corrected chi connectivity index (χ2v) is 4.67. The highest BCUT2D eigenvalue weighted by Gasteiger charge is 2.14. The Morgan fingerprint density at radius 2 is 2.16 bits per heavy atom. The molecule has 6 nitrogen and oxygen atoms in total. The van der Waals surface area contributed by atoms with Gasteiger partial charge in [-0.15, -0.1) is 0 Å². The molecule has 7 heteroatoms. The number of hydrogen-bond donors (Lipinski definition) is 1. The number of rotatable bonds is 2. The summed E-state index contributed by atoms with van der Waals surface area (Å²) in [6, 6.07) is 5.32. The standard InChI is InChI=1S/C12H8BrN5O/c13-8-4-7(5-15-6-8)11-17-12(19-18-11)10-9(14)2-1-3-16-10/h1-6H,14H2. The summed E-state index contributed by atoms with van der Waals surface area (Å²) in [5.41, 5.74) is 7.53. The summed E-state index contributed by atoms with van der Waals surface area (Å²) in [7, 11) is 0. The molecule has 0 saturated carbocycles. The summed E-state index contributed by atoms with van der Waals surface area (Å²) < 4.78 is 6.02. The third-order valence-electron chi connectivity index (χ3n) is 2.43. The average molecular weight is 318 g/mol.